The van der Waals surface area contributed by atoms with Crippen LogP contribution in [-0.2, 0) is 11.3 Å². The monoisotopic (exact) mass is 275 g/mol. The fraction of sp³-hybridized carbons (Fsp3) is 0.562. The van der Waals surface area contributed by atoms with Gasteiger partial charge >= 0.3 is 0 Å². The van der Waals surface area contributed by atoms with Gasteiger partial charge in [-0.05, 0) is 19.2 Å². The molecule has 0 radical (unpaired) electrons. The molecule has 0 unspecified atom stereocenters. The highest BCUT2D eigenvalue weighted by atomic mass is 16.2. The molecular formula is C16H25N3O. The van der Waals surface area contributed by atoms with Crippen LogP contribution in [-0.4, -0.2) is 66.9 Å². The van der Waals surface area contributed by atoms with Crippen molar-refractivity contribution in [3.63, 3.8) is 0 Å². The SMILES string of the molecule is CCN(CC(=O)N1CCN(C)CC1)Cc1ccccc1. The van der Waals surface area contributed by atoms with Crippen molar-refractivity contribution in [3.8, 4) is 0 Å². The van der Waals surface area contributed by atoms with E-state index in [1.807, 2.05) is 23.1 Å². The Morgan fingerprint density at radius 2 is 1.80 bits per heavy atom. The van der Waals surface area contributed by atoms with Crippen molar-refractivity contribution in [3.05, 3.63) is 35.9 Å². The first-order valence-electron chi connectivity index (χ1n) is 7.41. The molecule has 1 heterocycles. The van der Waals surface area contributed by atoms with Gasteiger partial charge in [-0.1, -0.05) is 37.3 Å². The van der Waals surface area contributed by atoms with Gasteiger partial charge in [-0.3, -0.25) is 9.69 Å². The highest BCUT2D eigenvalue weighted by molar-refractivity contribution is 5.78. The van der Waals surface area contributed by atoms with Crippen molar-refractivity contribution in [2.75, 3.05) is 46.3 Å². The molecule has 0 saturated carbocycles. The molecular weight excluding hydrogens is 250 g/mol. The molecule has 1 aliphatic heterocycles. The lowest BCUT2D eigenvalue weighted by Crippen LogP contribution is -2.50. The minimum atomic E-state index is 0.260. The Morgan fingerprint density at radius 1 is 1.15 bits per heavy atom. The van der Waals surface area contributed by atoms with E-state index >= 15 is 0 Å². The number of carbonyl (C=O) groups is 1. The lowest BCUT2D eigenvalue weighted by Gasteiger charge is -2.33. The summed E-state index contributed by atoms with van der Waals surface area (Å²) in [4.78, 5) is 18.8. The summed E-state index contributed by atoms with van der Waals surface area (Å²) >= 11 is 0. The Hall–Kier alpha value is -1.39. The Bertz CT molecular complexity index is 413. The van der Waals surface area contributed by atoms with E-state index in [2.05, 4.69) is 35.9 Å². The third-order valence-corrected chi connectivity index (χ3v) is 3.91. The van der Waals surface area contributed by atoms with Crippen molar-refractivity contribution < 1.29 is 4.79 Å². The van der Waals surface area contributed by atoms with Crippen LogP contribution in [0.25, 0.3) is 0 Å². The molecule has 1 saturated heterocycles. The summed E-state index contributed by atoms with van der Waals surface area (Å²) in [5.74, 6) is 0.260. The second kappa shape index (κ2) is 7.41. The second-order valence-corrected chi connectivity index (χ2v) is 5.47. The topological polar surface area (TPSA) is 26.8 Å². The van der Waals surface area contributed by atoms with Crippen LogP contribution < -0.4 is 0 Å². The number of likely N-dealkylation sites (N-methyl/N-ethyl adjacent to an activating group) is 2. The Balaban J connectivity index is 1.85. The number of rotatable bonds is 5. The number of amides is 1. The maximum absolute atomic E-state index is 12.3. The first kappa shape index (κ1) is 15.0. The average Bonchev–Trinajstić information content (AvgIpc) is 2.48. The quantitative estimate of drug-likeness (QED) is 0.810. The number of benzene rings is 1. The fourth-order valence-electron chi connectivity index (χ4n) is 2.47. The van der Waals surface area contributed by atoms with Gasteiger partial charge < -0.3 is 9.80 Å². The molecule has 4 nitrogen and oxygen atoms in total. The zero-order valence-electron chi connectivity index (χ0n) is 12.6. The van der Waals surface area contributed by atoms with Crippen molar-refractivity contribution in [2.45, 2.75) is 13.5 Å². The molecule has 1 amide bonds. The van der Waals surface area contributed by atoms with E-state index in [1.165, 1.54) is 5.56 Å². The largest absolute Gasteiger partial charge is 0.339 e. The molecule has 4 heteroatoms. The van der Waals surface area contributed by atoms with E-state index in [9.17, 15) is 4.79 Å². The van der Waals surface area contributed by atoms with E-state index in [4.69, 9.17) is 0 Å². The molecule has 0 bridgehead atoms. The van der Waals surface area contributed by atoms with Gasteiger partial charge in [0.05, 0.1) is 6.54 Å². The zero-order chi connectivity index (χ0) is 14.4. The smallest absolute Gasteiger partial charge is 0.236 e. The molecule has 1 aliphatic rings. The minimum absolute atomic E-state index is 0.260. The van der Waals surface area contributed by atoms with Crippen LogP contribution in [0.3, 0.4) is 0 Å². The van der Waals surface area contributed by atoms with E-state index in [0.717, 1.165) is 39.3 Å². The number of hydrogen-bond donors (Lipinski definition) is 0. The third kappa shape index (κ3) is 4.32. The molecule has 1 fully saturated rings. The highest BCUT2D eigenvalue weighted by Gasteiger charge is 2.20. The van der Waals surface area contributed by atoms with Crippen LogP contribution in [0.5, 0.6) is 0 Å². The second-order valence-electron chi connectivity index (χ2n) is 5.47. The molecule has 0 aliphatic carbocycles. The van der Waals surface area contributed by atoms with Crippen LogP contribution in [0.2, 0.25) is 0 Å². The predicted octanol–water partition coefficient (Wildman–Crippen LogP) is 1.28. The lowest BCUT2D eigenvalue weighted by molar-refractivity contribution is -0.134. The van der Waals surface area contributed by atoms with Gasteiger partial charge in [0.15, 0.2) is 0 Å². The predicted molar refractivity (Wildman–Crippen MR) is 81.5 cm³/mol. The summed E-state index contributed by atoms with van der Waals surface area (Å²) in [6, 6.07) is 10.3. The molecule has 1 aromatic rings. The minimum Gasteiger partial charge on any atom is -0.339 e. The highest BCUT2D eigenvalue weighted by Crippen LogP contribution is 2.06. The Kier molecular flexibility index (Phi) is 5.56. The van der Waals surface area contributed by atoms with Crippen molar-refractivity contribution >= 4 is 5.91 Å². The molecule has 0 aromatic heterocycles. The van der Waals surface area contributed by atoms with E-state index in [0.29, 0.717) is 6.54 Å². The molecule has 2 rings (SSSR count). The number of hydrogen-bond acceptors (Lipinski definition) is 3. The average molecular weight is 275 g/mol. The van der Waals surface area contributed by atoms with Crippen LogP contribution >= 0.6 is 0 Å². The summed E-state index contributed by atoms with van der Waals surface area (Å²) in [7, 11) is 2.11. The van der Waals surface area contributed by atoms with E-state index in [1.54, 1.807) is 0 Å². The summed E-state index contributed by atoms with van der Waals surface area (Å²) in [6.45, 7) is 8.06. The van der Waals surface area contributed by atoms with E-state index in [-0.39, 0.29) is 5.91 Å². The van der Waals surface area contributed by atoms with Gasteiger partial charge in [0.25, 0.3) is 0 Å². The summed E-state index contributed by atoms with van der Waals surface area (Å²) in [6.07, 6.45) is 0. The zero-order valence-corrected chi connectivity index (χ0v) is 12.6. The Morgan fingerprint density at radius 3 is 2.40 bits per heavy atom. The molecule has 1 aromatic carbocycles. The molecule has 20 heavy (non-hydrogen) atoms. The Labute approximate surface area is 122 Å². The van der Waals surface area contributed by atoms with Crippen LogP contribution in [0, 0.1) is 0 Å². The van der Waals surface area contributed by atoms with Gasteiger partial charge in [-0.15, -0.1) is 0 Å². The summed E-state index contributed by atoms with van der Waals surface area (Å²) in [5.41, 5.74) is 1.26. The van der Waals surface area contributed by atoms with Gasteiger partial charge in [0, 0.05) is 32.7 Å². The van der Waals surface area contributed by atoms with Crippen LogP contribution in [0.4, 0.5) is 0 Å². The number of carbonyl (C=O) groups excluding carboxylic acids is 1. The summed E-state index contributed by atoms with van der Waals surface area (Å²) < 4.78 is 0. The van der Waals surface area contributed by atoms with Gasteiger partial charge in [0.1, 0.15) is 0 Å². The van der Waals surface area contributed by atoms with Crippen LogP contribution in [0.15, 0.2) is 30.3 Å². The maximum Gasteiger partial charge on any atom is 0.236 e. The van der Waals surface area contributed by atoms with Gasteiger partial charge in [-0.2, -0.15) is 0 Å². The van der Waals surface area contributed by atoms with E-state index < -0.39 is 0 Å². The van der Waals surface area contributed by atoms with Gasteiger partial charge in [-0.25, -0.2) is 0 Å². The number of nitrogens with zero attached hydrogens (tertiary/aromatic N) is 3. The van der Waals surface area contributed by atoms with Crippen molar-refractivity contribution in [2.24, 2.45) is 0 Å². The van der Waals surface area contributed by atoms with Crippen LogP contribution in [0.1, 0.15) is 12.5 Å². The first-order chi connectivity index (χ1) is 9.69. The fourth-order valence-corrected chi connectivity index (χ4v) is 2.47. The van der Waals surface area contributed by atoms with Gasteiger partial charge in [0.2, 0.25) is 5.91 Å². The standard InChI is InChI=1S/C16H25N3O/c1-3-18(13-15-7-5-4-6-8-15)14-16(20)19-11-9-17(2)10-12-19/h4-8H,3,9-14H2,1-2H3. The molecule has 110 valence electrons. The number of piperazine rings is 1. The molecule has 0 atom stereocenters. The summed E-state index contributed by atoms with van der Waals surface area (Å²) in [5, 5.41) is 0. The first-order valence-corrected chi connectivity index (χ1v) is 7.41. The maximum atomic E-state index is 12.3. The molecule has 0 N–H and O–H groups in total. The lowest BCUT2D eigenvalue weighted by atomic mass is 10.2. The van der Waals surface area contributed by atoms with Crippen molar-refractivity contribution in [1.29, 1.82) is 0 Å². The van der Waals surface area contributed by atoms with Crippen molar-refractivity contribution in [1.82, 2.24) is 14.7 Å². The molecule has 0 spiro atoms. The third-order valence-electron chi connectivity index (χ3n) is 3.91. The normalized spacial score (nSPS) is 16.6.